The molecule has 25 heavy (non-hydrogen) atoms. The second-order valence-electron chi connectivity index (χ2n) is 5.54. The minimum absolute atomic E-state index is 0.232. The third kappa shape index (κ3) is 6.80. The molecule has 0 bridgehead atoms. The zero-order chi connectivity index (χ0) is 18.2. The van der Waals surface area contributed by atoms with E-state index in [0.29, 0.717) is 16.5 Å². The van der Waals surface area contributed by atoms with Crippen molar-refractivity contribution in [2.24, 2.45) is 0 Å². The fraction of sp³-hybridized carbons (Fsp3) is 0.263. The second-order valence-corrected chi connectivity index (χ2v) is 7.14. The number of ether oxygens (including phenoxy) is 1. The van der Waals surface area contributed by atoms with Crippen molar-refractivity contribution >= 4 is 40.9 Å². The van der Waals surface area contributed by atoms with E-state index in [4.69, 9.17) is 16.3 Å². The Kier molecular flexibility index (Phi) is 7.34. The fourth-order valence-corrected chi connectivity index (χ4v) is 2.93. The van der Waals surface area contributed by atoms with Gasteiger partial charge in [0.05, 0.1) is 6.42 Å². The summed E-state index contributed by atoms with van der Waals surface area (Å²) in [6.45, 7) is 3.53. The molecule has 6 heteroatoms. The second kappa shape index (κ2) is 9.49. The lowest BCUT2D eigenvalue weighted by Crippen LogP contribution is -2.30. The van der Waals surface area contributed by atoms with Gasteiger partial charge in [-0.05, 0) is 50.2 Å². The SMILES string of the molecule is Cc1ccc(NC(=O)[C@@H](C)OC(=O)CCSc2ccc(Cl)cc2)cc1. The van der Waals surface area contributed by atoms with Crippen LogP contribution in [0.1, 0.15) is 18.9 Å². The Balaban J connectivity index is 1.72. The summed E-state index contributed by atoms with van der Waals surface area (Å²) < 4.78 is 5.18. The molecule has 2 aromatic carbocycles. The summed E-state index contributed by atoms with van der Waals surface area (Å²) in [6.07, 6.45) is -0.607. The molecule has 0 fully saturated rings. The van der Waals surface area contributed by atoms with Crippen molar-refractivity contribution in [3.63, 3.8) is 0 Å². The Labute approximate surface area is 156 Å². The van der Waals surface area contributed by atoms with E-state index in [1.165, 1.54) is 11.8 Å². The van der Waals surface area contributed by atoms with Gasteiger partial charge in [-0.3, -0.25) is 9.59 Å². The third-order valence-electron chi connectivity index (χ3n) is 3.39. The smallest absolute Gasteiger partial charge is 0.307 e. The number of rotatable bonds is 7. The monoisotopic (exact) mass is 377 g/mol. The number of esters is 1. The highest BCUT2D eigenvalue weighted by molar-refractivity contribution is 7.99. The van der Waals surface area contributed by atoms with Crippen molar-refractivity contribution in [2.45, 2.75) is 31.3 Å². The number of carbonyl (C=O) groups excluding carboxylic acids is 2. The first-order valence-corrected chi connectivity index (χ1v) is 9.26. The largest absolute Gasteiger partial charge is 0.453 e. The zero-order valence-corrected chi connectivity index (χ0v) is 15.7. The number of aryl methyl sites for hydroxylation is 1. The highest BCUT2D eigenvalue weighted by atomic mass is 35.5. The Morgan fingerprint density at radius 1 is 1.12 bits per heavy atom. The Morgan fingerprint density at radius 2 is 1.76 bits per heavy atom. The molecule has 0 heterocycles. The van der Waals surface area contributed by atoms with Crippen LogP contribution in [0.4, 0.5) is 5.69 Å². The van der Waals surface area contributed by atoms with Crippen LogP contribution >= 0.6 is 23.4 Å². The topological polar surface area (TPSA) is 55.4 Å². The van der Waals surface area contributed by atoms with Crippen LogP contribution in [0.3, 0.4) is 0 Å². The van der Waals surface area contributed by atoms with Gasteiger partial charge >= 0.3 is 5.97 Å². The van der Waals surface area contributed by atoms with Crippen molar-refractivity contribution in [2.75, 3.05) is 11.1 Å². The van der Waals surface area contributed by atoms with Gasteiger partial charge in [0.25, 0.3) is 5.91 Å². The van der Waals surface area contributed by atoms with Crippen molar-refractivity contribution < 1.29 is 14.3 Å². The lowest BCUT2D eigenvalue weighted by atomic mass is 10.2. The van der Waals surface area contributed by atoms with Crippen molar-refractivity contribution in [3.8, 4) is 0 Å². The van der Waals surface area contributed by atoms with E-state index in [2.05, 4.69) is 5.32 Å². The molecular formula is C19H20ClNO3S. The van der Waals surface area contributed by atoms with Gasteiger partial charge in [0.15, 0.2) is 6.10 Å². The predicted molar refractivity (Wildman–Crippen MR) is 102 cm³/mol. The molecule has 0 aliphatic carbocycles. The molecule has 2 aromatic rings. The summed E-state index contributed by atoms with van der Waals surface area (Å²) in [5.41, 5.74) is 1.78. The summed E-state index contributed by atoms with van der Waals surface area (Å²) in [4.78, 5) is 24.9. The Bertz CT molecular complexity index is 716. The lowest BCUT2D eigenvalue weighted by Gasteiger charge is -2.13. The molecule has 2 rings (SSSR count). The zero-order valence-electron chi connectivity index (χ0n) is 14.1. The molecule has 0 unspecified atom stereocenters. The number of carbonyl (C=O) groups is 2. The van der Waals surface area contributed by atoms with E-state index >= 15 is 0 Å². The highest BCUT2D eigenvalue weighted by Crippen LogP contribution is 2.21. The maximum Gasteiger partial charge on any atom is 0.307 e. The molecule has 1 N–H and O–H groups in total. The van der Waals surface area contributed by atoms with E-state index < -0.39 is 12.1 Å². The van der Waals surface area contributed by atoms with Crippen molar-refractivity contribution in [1.29, 1.82) is 0 Å². The molecule has 0 spiro atoms. The molecule has 132 valence electrons. The molecule has 0 aromatic heterocycles. The van der Waals surface area contributed by atoms with E-state index in [0.717, 1.165) is 10.5 Å². The van der Waals surface area contributed by atoms with Crippen LogP contribution in [-0.4, -0.2) is 23.7 Å². The number of thioether (sulfide) groups is 1. The molecule has 1 atom stereocenters. The van der Waals surface area contributed by atoms with Crippen LogP contribution in [0.15, 0.2) is 53.4 Å². The molecule has 0 aliphatic heterocycles. The number of nitrogens with one attached hydrogen (secondary N) is 1. The maximum atomic E-state index is 12.1. The summed E-state index contributed by atoms with van der Waals surface area (Å²) in [7, 11) is 0. The standard InChI is InChI=1S/C19H20ClNO3S/c1-13-3-7-16(8-4-13)21-19(23)14(2)24-18(22)11-12-25-17-9-5-15(20)6-10-17/h3-10,14H,11-12H2,1-2H3,(H,21,23)/t14-/m1/s1. The van der Waals surface area contributed by atoms with Gasteiger partial charge in [0.2, 0.25) is 0 Å². The molecule has 4 nitrogen and oxygen atoms in total. The van der Waals surface area contributed by atoms with Gasteiger partial charge in [0.1, 0.15) is 0 Å². The van der Waals surface area contributed by atoms with Gasteiger partial charge in [-0.2, -0.15) is 0 Å². The third-order valence-corrected chi connectivity index (χ3v) is 4.65. The minimum Gasteiger partial charge on any atom is -0.453 e. The van der Waals surface area contributed by atoms with Crippen LogP contribution in [0.5, 0.6) is 0 Å². The van der Waals surface area contributed by atoms with Gasteiger partial charge in [-0.15, -0.1) is 11.8 Å². The fourth-order valence-electron chi connectivity index (χ4n) is 1.97. The minimum atomic E-state index is -0.839. The summed E-state index contributed by atoms with van der Waals surface area (Å²) in [5.74, 6) is -0.164. The van der Waals surface area contributed by atoms with E-state index in [9.17, 15) is 9.59 Å². The average molecular weight is 378 g/mol. The summed E-state index contributed by atoms with van der Waals surface area (Å²) >= 11 is 7.36. The Morgan fingerprint density at radius 3 is 2.40 bits per heavy atom. The summed E-state index contributed by atoms with van der Waals surface area (Å²) in [6, 6.07) is 14.8. The van der Waals surface area contributed by atoms with Gasteiger partial charge in [0, 0.05) is 21.4 Å². The first-order chi connectivity index (χ1) is 11.9. The van der Waals surface area contributed by atoms with Crippen molar-refractivity contribution in [1.82, 2.24) is 0 Å². The number of benzene rings is 2. The van der Waals surface area contributed by atoms with Crippen LogP contribution in [-0.2, 0) is 14.3 Å². The number of hydrogen-bond acceptors (Lipinski definition) is 4. The molecule has 0 radical (unpaired) electrons. The lowest BCUT2D eigenvalue weighted by molar-refractivity contribution is -0.152. The Hall–Kier alpha value is -1.98. The van der Waals surface area contributed by atoms with Crippen LogP contribution < -0.4 is 5.32 Å². The van der Waals surface area contributed by atoms with E-state index in [1.807, 2.05) is 43.3 Å². The summed E-state index contributed by atoms with van der Waals surface area (Å²) in [5, 5.41) is 3.41. The average Bonchev–Trinajstić information content (AvgIpc) is 2.58. The normalized spacial score (nSPS) is 11.6. The maximum absolute atomic E-state index is 12.1. The predicted octanol–water partition coefficient (Wildman–Crippen LogP) is 4.70. The van der Waals surface area contributed by atoms with E-state index in [-0.39, 0.29) is 12.3 Å². The van der Waals surface area contributed by atoms with Crippen LogP contribution in [0, 0.1) is 6.92 Å². The van der Waals surface area contributed by atoms with Gasteiger partial charge in [-0.25, -0.2) is 0 Å². The van der Waals surface area contributed by atoms with Crippen molar-refractivity contribution in [3.05, 3.63) is 59.1 Å². The number of amides is 1. The van der Waals surface area contributed by atoms with Crippen LogP contribution in [0.2, 0.25) is 5.02 Å². The quantitative estimate of drug-likeness (QED) is 0.561. The number of halogens is 1. The van der Waals surface area contributed by atoms with Gasteiger partial charge in [-0.1, -0.05) is 29.3 Å². The first-order valence-electron chi connectivity index (χ1n) is 7.89. The highest BCUT2D eigenvalue weighted by Gasteiger charge is 2.17. The number of hydrogen-bond donors (Lipinski definition) is 1. The molecular weight excluding hydrogens is 358 g/mol. The molecule has 0 aliphatic rings. The molecule has 0 saturated carbocycles. The molecule has 0 saturated heterocycles. The molecule has 1 amide bonds. The van der Waals surface area contributed by atoms with E-state index in [1.54, 1.807) is 19.1 Å². The first kappa shape index (κ1) is 19.3. The van der Waals surface area contributed by atoms with Crippen LogP contribution in [0.25, 0.3) is 0 Å². The number of anilines is 1. The van der Waals surface area contributed by atoms with Gasteiger partial charge < -0.3 is 10.1 Å².